The lowest BCUT2D eigenvalue weighted by Crippen LogP contribution is -2.38. The van der Waals surface area contributed by atoms with Gasteiger partial charge in [0.05, 0.1) is 18.2 Å². The van der Waals surface area contributed by atoms with Gasteiger partial charge in [0.15, 0.2) is 0 Å². The van der Waals surface area contributed by atoms with Gasteiger partial charge in [0, 0.05) is 12.7 Å². The second kappa shape index (κ2) is 9.27. The minimum absolute atomic E-state index is 0.0844. The van der Waals surface area contributed by atoms with E-state index in [1.165, 1.54) is 0 Å². The van der Waals surface area contributed by atoms with Crippen molar-refractivity contribution in [1.29, 1.82) is 0 Å². The number of carbonyl (C=O) groups excluding carboxylic acids is 1. The van der Waals surface area contributed by atoms with Gasteiger partial charge in [-0.3, -0.25) is 9.78 Å². The summed E-state index contributed by atoms with van der Waals surface area (Å²) in [6, 6.07) is 12.4. The topological polar surface area (TPSA) is 101 Å². The second-order valence-electron chi connectivity index (χ2n) is 5.45. The highest BCUT2D eigenvalue weighted by atomic mass is 16.5. The van der Waals surface area contributed by atoms with Crippen LogP contribution in [-0.4, -0.2) is 28.6 Å². The van der Waals surface area contributed by atoms with Crippen LogP contribution in [0.15, 0.2) is 48.7 Å². The third-order valence-corrected chi connectivity index (χ3v) is 3.44. The van der Waals surface area contributed by atoms with Gasteiger partial charge in [-0.1, -0.05) is 18.2 Å². The van der Waals surface area contributed by atoms with E-state index >= 15 is 0 Å². The van der Waals surface area contributed by atoms with Crippen LogP contribution in [0, 0.1) is 0 Å². The van der Waals surface area contributed by atoms with Gasteiger partial charge >= 0.3 is 12.0 Å². The van der Waals surface area contributed by atoms with E-state index in [1.807, 2.05) is 49.4 Å². The first-order valence-corrected chi connectivity index (χ1v) is 7.93. The van der Waals surface area contributed by atoms with Gasteiger partial charge in [-0.15, -0.1) is 0 Å². The van der Waals surface area contributed by atoms with Crippen molar-refractivity contribution in [2.75, 3.05) is 6.54 Å². The third kappa shape index (κ3) is 6.50. The van der Waals surface area contributed by atoms with Crippen molar-refractivity contribution >= 4 is 12.0 Å². The van der Waals surface area contributed by atoms with Crippen LogP contribution in [0.25, 0.3) is 0 Å². The average molecular weight is 343 g/mol. The summed E-state index contributed by atoms with van der Waals surface area (Å²) >= 11 is 0. The van der Waals surface area contributed by atoms with E-state index in [0.29, 0.717) is 12.4 Å². The number of nitrogens with zero attached hydrogens (tertiary/aromatic N) is 1. The molecule has 0 aliphatic rings. The number of carboxylic acids is 1. The number of benzene rings is 1. The summed E-state index contributed by atoms with van der Waals surface area (Å²) in [5.41, 5.74) is 1.71. The smallest absolute Gasteiger partial charge is 0.315 e. The molecule has 132 valence electrons. The number of hydrogen-bond donors (Lipinski definition) is 3. The third-order valence-electron chi connectivity index (χ3n) is 3.44. The Labute approximate surface area is 146 Å². The zero-order valence-electron chi connectivity index (χ0n) is 13.9. The molecule has 7 nitrogen and oxygen atoms in total. The SMILES string of the molecule is CC(NC(=O)NCCC(=O)O)c1cccc(OCc2ccccn2)c1. The van der Waals surface area contributed by atoms with Gasteiger partial charge < -0.3 is 20.5 Å². The molecule has 0 aliphatic heterocycles. The fraction of sp³-hybridized carbons (Fsp3) is 0.278. The minimum atomic E-state index is -0.953. The molecule has 1 unspecified atom stereocenters. The Balaban J connectivity index is 1.86. The molecule has 0 aliphatic carbocycles. The van der Waals surface area contributed by atoms with Crippen molar-refractivity contribution in [3.8, 4) is 5.75 Å². The molecule has 0 radical (unpaired) electrons. The maximum atomic E-state index is 11.7. The first kappa shape index (κ1) is 18.3. The molecule has 25 heavy (non-hydrogen) atoms. The highest BCUT2D eigenvalue weighted by Crippen LogP contribution is 2.19. The van der Waals surface area contributed by atoms with Crippen molar-refractivity contribution in [2.45, 2.75) is 26.0 Å². The maximum absolute atomic E-state index is 11.7. The maximum Gasteiger partial charge on any atom is 0.315 e. The molecule has 2 amide bonds. The Morgan fingerprint density at radius 2 is 2.08 bits per heavy atom. The highest BCUT2D eigenvalue weighted by molar-refractivity contribution is 5.75. The van der Waals surface area contributed by atoms with E-state index in [4.69, 9.17) is 9.84 Å². The number of nitrogens with one attached hydrogen (secondary N) is 2. The van der Waals surface area contributed by atoms with Gasteiger partial charge in [-0.2, -0.15) is 0 Å². The molecule has 1 aromatic heterocycles. The lowest BCUT2D eigenvalue weighted by Gasteiger charge is -2.16. The number of carbonyl (C=O) groups is 2. The first-order chi connectivity index (χ1) is 12.0. The normalized spacial score (nSPS) is 11.4. The number of aromatic nitrogens is 1. The van der Waals surface area contributed by atoms with Gasteiger partial charge in [-0.05, 0) is 36.8 Å². The van der Waals surface area contributed by atoms with Crippen molar-refractivity contribution < 1.29 is 19.4 Å². The molecule has 0 saturated heterocycles. The number of rotatable bonds is 8. The molecule has 7 heteroatoms. The molecular formula is C18H21N3O4. The van der Waals surface area contributed by atoms with Crippen LogP contribution in [0.3, 0.4) is 0 Å². The van der Waals surface area contributed by atoms with Gasteiger partial charge in [0.25, 0.3) is 0 Å². The van der Waals surface area contributed by atoms with Crippen molar-refractivity contribution in [1.82, 2.24) is 15.6 Å². The average Bonchev–Trinajstić information content (AvgIpc) is 2.60. The van der Waals surface area contributed by atoms with Crippen LogP contribution in [0.5, 0.6) is 5.75 Å². The standard InChI is InChI=1S/C18H21N3O4/c1-13(21-18(24)20-10-8-17(22)23)14-5-4-7-16(11-14)25-12-15-6-2-3-9-19-15/h2-7,9,11,13H,8,10,12H2,1H3,(H,22,23)(H2,20,21,24). The van der Waals surface area contributed by atoms with Crippen LogP contribution >= 0.6 is 0 Å². The van der Waals surface area contributed by atoms with Gasteiger partial charge in [0.1, 0.15) is 12.4 Å². The van der Waals surface area contributed by atoms with Crippen LogP contribution in [0.4, 0.5) is 4.79 Å². The molecule has 0 fully saturated rings. The molecule has 1 heterocycles. The quantitative estimate of drug-likeness (QED) is 0.684. The molecule has 0 spiro atoms. The molecule has 1 aromatic carbocycles. The summed E-state index contributed by atoms with van der Waals surface area (Å²) in [5, 5.41) is 13.8. The van der Waals surface area contributed by atoms with Crippen LogP contribution < -0.4 is 15.4 Å². The van der Waals surface area contributed by atoms with Crippen LogP contribution in [0.1, 0.15) is 30.6 Å². The number of carboxylic acid groups (broad SMARTS) is 1. The van der Waals surface area contributed by atoms with E-state index in [2.05, 4.69) is 15.6 Å². The molecule has 3 N–H and O–H groups in total. The lowest BCUT2D eigenvalue weighted by molar-refractivity contribution is -0.136. The summed E-state index contributed by atoms with van der Waals surface area (Å²) in [7, 11) is 0. The largest absolute Gasteiger partial charge is 0.487 e. The van der Waals surface area contributed by atoms with Gasteiger partial charge in [-0.25, -0.2) is 4.79 Å². The van der Waals surface area contributed by atoms with E-state index in [1.54, 1.807) is 6.20 Å². The van der Waals surface area contributed by atoms with E-state index in [9.17, 15) is 9.59 Å². The first-order valence-electron chi connectivity index (χ1n) is 7.93. The number of pyridine rings is 1. The number of urea groups is 1. The number of amides is 2. The summed E-state index contributed by atoms with van der Waals surface area (Å²) in [6.45, 7) is 2.29. The molecule has 0 saturated carbocycles. The van der Waals surface area contributed by atoms with Crippen molar-refractivity contribution in [3.05, 3.63) is 59.9 Å². The number of ether oxygens (including phenoxy) is 1. The predicted molar refractivity (Wildman–Crippen MR) is 92.2 cm³/mol. The molecular weight excluding hydrogens is 322 g/mol. The monoisotopic (exact) mass is 343 g/mol. The Morgan fingerprint density at radius 1 is 1.24 bits per heavy atom. The summed E-state index contributed by atoms with van der Waals surface area (Å²) in [4.78, 5) is 26.4. The van der Waals surface area contributed by atoms with Gasteiger partial charge in [0.2, 0.25) is 0 Å². The molecule has 2 aromatic rings. The van der Waals surface area contributed by atoms with E-state index in [0.717, 1.165) is 11.3 Å². The zero-order valence-corrected chi connectivity index (χ0v) is 13.9. The van der Waals surface area contributed by atoms with E-state index < -0.39 is 12.0 Å². The fourth-order valence-corrected chi connectivity index (χ4v) is 2.13. The fourth-order valence-electron chi connectivity index (χ4n) is 2.13. The minimum Gasteiger partial charge on any atom is -0.487 e. The Hall–Kier alpha value is -3.09. The van der Waals surface area contributed by atoms with Crippen molar-refractivity contribution in [3.63, 3.8) is 0 Å². The number of aliphatic carboxylic acids is 1. The van der Waals surface area contributed by atoms with Crippen LogP contribution in [0.2, 0.25) is 0 Å². The molecule has 1 atom stereocenters. The Morgan fingerprint density at radius 3 is 2.80 bits per heavy atom. The molecule has 0 bridgehead atoms. The predicted octanol–water partition coefficient (Wildman–Crippen LogP) is 2.50. The summed E-state index contributed by atoms with van der Waals surface area (Å²) in [5.74, 6) is -0.269. The summed E-state index contributed by atoms with van der Waals surface area (Å²) < 4.78 is 5.72. The Kier molecular flexibility index (Phi) is 6.76. The van der Waals surface area contributed by atoms with Crippen LogP contribution in [-0.2, 0) is 11.4 Å². The Bertz CT molecular complexity index is 706. The zero-order chi connectivity index (χ0) is 18.1. The highest BCUT2D eigenvalue weighted by Gasteiger charge is 2.10. The van der Waals surface area contributed by atoms with E-state index in [-0.39, 0.29) is 19.0 Å². The molecule has 2 rings (SSSR count). The summed E-state index contributed by atoms with van der Waals surface area (Å²) in [6.07, 6.45) is 1.60. The lowest BCUT2D eigenvalue weighted by atomic mass is 10.1. The number of hydrogen-bond acceptors (Lipinski definition) is 4. The second-order valence-corrected chi connectivity index (χ2v) is 5.45. The van der Waals surface area contributed by atoms with Crippen molar-refractivity contribution in [2.24, 2.45) is 0 Å².